The second-order valence-corrected chi connectivity index (χ2v) is 24.2. The molecular weight excluding hydrogens is 1160 g/mol. The molecular formula is C60H74ClIN4O14. The largest absolute Gasteiger partial charge is 0.514 e. The van der Waals surface area contributed by atoms with Crippen molar-refractivity contribution in [3.05, 3.63) is 104 Å². The number of ether oxygens (including phenoxy) is 6. The van der Waals surface area contributed by atoms with E-state index in [-0.39, 0.29) is 72.9 Å². The van der Waals surface area contributed by atoms with E-state index in [1.165, 1.54) is 32.0 Å². The van der Waals surface area contributed by atoms with E-state index in [1.807, 2.05) is 46.9 Å². The molecule has 3 N–H and O–H groups in total. The van der Waals surface area contributed by atoms with Crippen LogP contribution in [0.15, 0.2) is 78.9 Å². The number of unbranched alkanes of at least 4 members (excludes halogenated alkanes) is 1. The number of methoxy groups -OCH3 is 1. The number of halogens is 2. The zero-order valence-corrected chi connectivity index (χ0v) is 50.5. The van der Waals surface area contributed by atoms with Gasteiger partial charge in [-0.15, -0.1) is 0 Å². The van der Waals surface area contributed by atoms with Crippen LogP contribution in [0.4, 0.5) is 14.4 Å². The molecule has 4 aromatic rings. The van der Waals surface area contributed by atoms with Crippen LogP contribution in [0, 0.1) is 15.4 Å². The SMILES string of the molecule is COC(=O)[C@@H]1Cc2ccc(OC(=O)OC(C)(C)C)c(c2)-c2cc(cc(I)c2OCCNC(=O)OC(C)(C)C)[C@H](N(C)C(=O)[C@H](CCCCNC(=O)OC(C)(C)C)CC(=O)c2ccc(-c3ccc(Cl)cc3)cc2)C(=O)C[C@@H](C)C(=O)N1. The van der Waals surface area contributed by atoms with E-state index in [1.54, 1.807) is 111 Å². The number of ketones is 2. The van der Waals surface area contributed by atoms with E-state index in [2.05, 4.69) is 16.0 Å². The molecule has 20 heteroatoms. The van der Waals surface area contributed by atoms with Crippen molar-refractivity contribution >= 4 is 81.9 Å². The number of Topliss-reactive ketones (excluding diaryl/α,β-unsaturated/α-hetero) is 2. The fourth-order valence-corrected chi connectivity index (χ4v) is 9.63. The van der Waals surface area contributed by atoms with Crippen LogP contribution in [-0.4, -0.2) is 109 Å². The molecule has 1 heterocycles. The third-order valence-corrected chi connectivity index (χ3v) is 13.4. The molecule has 432 valence electrons. The summed E-state index contributed by atoms with van der Waals surface area (Å²) in [6.07, 6.45) is -2.08. The van der Waals surface area contributed by atoms with Gasteiger partial charge in [-0.05, 0) is 156 Å². The third kappa shape index (κ3) is 19.5. The average molecular weight is 1240 g/mol. The van der Waals surface area contributed by atoms with Gasteiger partial charge in [0.05, 0.1) is 17.2 Å². The van der Waals surface area contributed by atoms with Crippen molar-refractivity contribution in [2.24, 2.45) is 11.8 Å². The molecule has 4 aromatic carbocycles. The Kier molecular flexibility index (Phi) is 22.5. The summed E-state index contributed by atoms with van der Waals surface area (Å²) in [4.78, 5) is 112. The van der Waals surface area contributed by atoms with Crippen molar-refractivity contribution in [2.75, 3.05) is 33.9 Å². The molecule has 4 atom stereocenters. The van der Waals surface area contributed by atoms with Crippen molar-refractivity contribution in [1.82, 2.24) is 20.9 Å². The maximum Gasteiger partial charge on any atom is 0.514 e. The van der Waals surface area contributed by atoms with E-state index < -0.39 is 89.1 Å². The summed E-state index contributed by atoms with van der Waals surface area (Å²) in [6, 6.07) is 19.7. The molecule has 1 aliphatic rings. The number of hydrogen-bond acceptors (Lipinski definition) is 14. The van der Waals surface area contributed by atoms with Gasteiger partial charge >= 0.3 is 24.3 Å². The lowest BCUT2D eigenvalue weighted by molar-refractivity contribution is -0.146. The molecule has 4 amide bonds. The summed E-state index contributed by atoms with van der Waals surface area (Å²) in [5.74, 6) is -4.63. The highest BCUT2D eigenvalue weighted by atomic mass is 127. The Balaban J connectivity index is 1.65. The standard InChI is InChI=1S/C60H74ClIN4O14/c1-35-29-48(68)50(66(11)53(70)40(15-13-14-26-63-55(72)78-58(2,3)4)34-47(67)39-19-17-37(18-20-39)38-21-23-42(61)24-22-38)41-32-44(51(45(62)33-41)76-28-27-64-56(73)79-59(5,6)7)43-30-36(31-46(54(71)75-12)65-52(35)69)16-25-49(43)77-57(74)80-60(8,9)10/h16-25,30,32-33,35,40,46,50H,13-15,26-29,31,34H2,1-12H3,(H,63,72)(H,64,73)(H,65,69)/t35-,40-,46+,50+/m1/s1. The quantitative estimate of drug-likeness (QED) is 0.0223. The highest BCUT2D eigenvalue weighted by Gasteiger charge is 2.37. The summed E-state index contributed by atoms with van der Waals surface area (Å²) in [6.45, 7) is 17.1. The Morgan fingerprint density at radius 1 is 0.750 bits per heavy atom. The molecule has 0 spiro atoms. The molecule has 80 heavy (non-hydrogen) atoms. The van der Waals surface area contributed by atoms with Crippen LogP contribution in [0.1, 0.15) is 129 Å². The van der Waals surface area contributed by atoms with Crippen LogP contribution in [0.25, 0.3) is 22.3 Å². The molecule has 0 fully saturated rings. The van der Waals surface area contributed by atoms with Gasteiger partial charge in [0.15, 0.2) is 11.6 Å². The number of hydrogen-bond donors (Lipinski definition) is 3. The van der Waals surface area contributed by atoms with E-state index >= 15 is 9.59 Å². The molecule has 1 aliphatic heterocycles. The fraction of sp³-hybridized carbons (Fsp3) is 0.467. The molecule has 0 unspecified atom stereocenters. The number of likely N-dealkylation sites (N-methyl/N-ethyl adjacent to an activating group) is 1. The molecule has 0 saturated carbocycles. The number of fused-ring (bicyclic) bond motifs is 5. The van der Waals surface area contributed by atoms with Gasteiger partial charge in [-0.3, -0.25) is 19.2 Å². The summed E-state index contributed by atoms with van der Waals surface area (Å²) in [5.41, 5.74) is 0.925. The Morgan fingerprint density at radius 2 is 1.34 bits per heavy atom. The van der Waals surface area contributed by atoms with Gasteiger partial charge in [0, 0.05) is 66.4 Å². The monoisotopic (exact) mass is 1240 g/mol. The lowest BCUT2D eigenvalue weighted by Crippen LogP contribution is -2.46. The number of alkyl carbamates (subject to hydrolysis) is 2. The first-order valence-electron chi connectivity index (χ1n) is 26.4. The minimum Gasteiger partial charge on any atom is -0.490 e. The van der Waals surface area contributed by atoms with Crippen LogP contribution in [0.3, 0.4) is 0 Å². The number of nitrogens with zero attached hydrogens (tertiary/aromatic N) is 1. The van der Waals surface area contributed by atoms with E-state index in [0.29, 0.717) is 32.6 Å². The number of rotatable bonds is 17. The van der Waals surface area contributed by atoms with Crippen LogP contribution in [-0.2, 0) is 44.5 Å². The van der Waals surface area contributed by atoms with Crippen LogP contribution in [0.2, 0.25) is 5.02 Å². The predicted octanol–water partition coefficient (Wildman–Crippen LogP) is 11.4. The van der Waals surface area contributed by atoms with Crippen LogP contribution in [0.5, 0.6) is 11.5 Å². The lowest BCUT2D eigenvalue weighted by atomic mass is 9.88. The second kappa shape index (κ2) is 28.1. The molecule has 0 aliphatic carbocycles. The van der Waals surface area contributed by atoms with Crippen LogP contribution >= 0.6 is 34.2 Å². The van der Waals surface area contributed by atoms with Gasteiger partial charge < -0.3 is 49.3 Å². The minimum atomic E-state index is -1.41. The lowest BCUT2D eigenvalue weighted by Gasteiger charge is -2.32. The van der Waals surface area contributed by atoms with Crippen molar-refractivity contribution in [1.29, 1.82) is 0 Å². The smallest absolute Gasteiger partial charge is 0.490 e. The number of esters is 1. The molecule has 18 nitrogen and oxygen atoms in total. The topological polar surface area (TPSA) is 231 Å². The minimum absolute atomic E-state index is 0.00605. The molecule has 0 radical (unpaired) electrons. The Bertz CT molecular complexity index is 2890. The van der Waals surface area contributed by atoms with Crippen molar-refractivity contribution in [2.45, 2.75) is 137 Å². The molecule has 0 saturated heterocycles. The third-order valence-electron chi connectivity index (χ3n) is 12.4. The maximum absolute atomic E-state index is 15.4. The van der Waals surface area contributed by atoms with Crippen molar-refractivity contribution in [3.63, 3.8) is 0 Å². The van der Waals surface area contributed by atoms with E-state index in [9.17, 15) is 28.8 Å². The molecule has 5 rings (SSSR count). The van der Waals surface area contributed by atoms with Gasteiger partial charge in [-0.1, -0.05) is 67.4 Å². The van der Waals surface area contributed by atoms with Gasteiger partial charge in [0.1, 0.15) is 47.0 Å². The van der Waals surface area contributed by atoms with Crippen molar-refractivity contribution < 1.29 is 66.8 Å². The Morgan fingerprint density at radius 3 is 1.93 bits per heavy atom. The van der Waals surface area contributed by atoms with Gasteiger partial charge in [-0.2, -0.15) is 0 Å². The van der Waals surface area contributed by atoms with E-state index in [4.69, 9.17) is 40.0 Å². The maximum atomic E-state index is 15.4. The fourth-order valence-electron chi connectivity index (χ4n) is 8.70. The van der Waals surface area contributed by atoms with Gasteiger partial charge in [0.2, 0.25) is 11.8 Å². The summed E-state index contributed by atoms with van der Waals surface area (Å²) < 4.78 is 34.3. The summed E-state index contributed by atoms with van der Waals surface area (Å²) >= 11 is 8.17. The van der Waals surface area contributed by atoms with Gasteiger partial charge in [0.25, 0.3) is 0 Å². The second-order valence-electron chi connectivity index (χ2n) is 22.6. The normalized spacial score (nSPS) is 16.1. The number of carbonyl (C=O) groups is 8. The van der Waals surface area contributed by atoms with Crippen molar-refractivity contribution in [3.8, 4) is 33.8 Å². The number of nitrogens with one attached hydrogen (secondary N) is 3. The number of amides is 4. The molecule has 4 bridgehead atoms. The first-order chi connectivity index (χ1) is 37.4. The number of carbonyl (C=O) groups excluding carboxylic acids is 8. The first-order valence-corrected chi connectivity index (χ1v) is 27.9. The Labute approximate surface area is 487 Å². The summed E-state index contributed by atoms with van der Waals surface area (Å²) in [5, 5.41) is 8.75. The highest BCUT2D eigenvalue weighted by Crippen LogP contribution is 2.44. The Hall–Kier alpha value is -6.74. The molecule has 0 aromatic heterocycles. The first kappa shape index (κ1) is 64.1. The zero-order valence-electron chi connectivity index (χ0n) is 47.6. The highest BCUT2D eigenvalue weighted by molar-refractivity contribution is 14.1. The summed E-state index contributed by atoms with van der Waals surface area (Å²) in [7, 11) is 2.65. The van der Waals surface area contributed by atoms with Crippen LogP contribution < -0.4 is 25.4 Å². The van der Waals surface area contributed by atoms with E-state index in [0.717, 1.165) is 11.1 Å². The zero-order chi connectivity index (χ0) is 59.3. The number of benzene rings is 4. The average Bonchev–Trinajstić information content (AvgIpc) is 3.51. The predicted molar refractivity (Wildman–Crippen MR) is 311 cm³/mol. The van der Waals surface area contributed by atoms with Gasteiger partial charge in [-0.25, -0.2) is 19.2 Å².